The van der Waals surface area contributed by atoms with Crippen molar-refractivity contribution in [1.29, 1.82) is 0 Å². The fourth-order valence-corrected chi connectivity index (χ4v) is 3.54. The Labute approximate surface area is 114 Å². The van der Waals surface area contributed by atoms with Crippen molar-refractivity contribution in [2.45, 2.75) is 44.7 Å². The predicted molar refractivity (Wildman–Crippen MR) is 70.2 cm³/mol. The van der Waals surface area contributed by atoms with Crippen molar-refractivity contribution in [3.8, 4) is 0 Å². The number of hydrogen-bond donors (Lipinski definition) is 0. The van der Waals surface area contributed by atoms with Crippen molar-refractivity contribution in [3.05, 3.63) is 27.8 Å². The maximum Gasteiger partial charge on any atom is 0.416 e. The Hall–Kier alpha value is -1.19. The summed E-state index contributed by atoms with van der Waals surface area (Å²) in [4.78, 5) is 4.07. The second-order valence-electron chi connectivity index (χ2n) is 5.05. The van der Waals surface area contributed by atoms with Crippen LogP contribution in [-0.4, -0.2) is 5.16 Å². The van der Waals surface area contributed by atoms with Gasteiger partial charge in [-0.2, -0.15) is 18.2 Å². The normalized spacial score (nSPS) is 17.0. The molecule has 2 aliphatic rings. The van der Waals surface area contributed by atoms with E-state index in [0.717, 1.165) is 24.0 Å². The molecule has 0 N–H and O–H groups in total. The van der Waals surface area contributed by atoms with E-state index < -0.39 is 6.18 Å². The third-order valence-electron chi connectivity index (χ3n) is 4.05. The summed E-state index contributed by atoms with van der Waals surface area (Å²) in [5.74, 6) is 0. The number of aliphatic imine (C=N–C) groups is 1. The standard InChI is InChI=1S/C14H12F3NS/c15-14(16,17)12-8-3-1-5-10(8)13(18-7-19)11-6-2-4-9(11)12/h1-6H2. The van der Waals surface area contributed by atoms with Gasteiger partial charge in [-0.15, -0.1) is 0 Å². The van der Waals surface area contributed by atoms with Crippen molar-refractivity contribution in [1.82, 2.24) is 0 Å². The second kappa shape index (κ2) is 4.43. The van der Waals surface area contributed by atoms with Crippen LogP contribution in [0.3, 0.4) is 0 Å². The van der Waals surface area contributed by atoms with Crippen LogP contribution in [0, 0.1) is 0 Å². The summed E-state index contributed by atoms with van der Waals surface area (Å²) in [5.41, 5.74) is 2.73. The monoisotopic (exact) mass is 283 g/mol. The SMILES string of the molecule is FC(F)(F)c1c2c(c(N=C=S)c3c1CCC3)CCC2. The molecular weight excluding hydrogens is 271 g/mol. The minimum absolute atomic E-state index is 0.379. The molecule has 1 aromatic carbocycles. The number of fused-ring (bicyclic) bond motifs is 2. The molecule has 19 heavy (non-hydrogen) atoms. The van der Waals surface area contributed by atoms with Crippen molar-refractivity contribution in [2.75, 3.05) is 0 Å². The summed E-state index contributed by atoms with van der Waals surface area (Å²) in [6, 6.07) is 0. The van der Waals surface area contributed by atoms with Crippen LogP contribution in [0.25, 0.3) is 0 Å². The summed E-state index contributed by atoms with van der Waals surface area (Å²) in [5, 5.41) is 2.33. The molecule has 3 rings (SSSR count). The predicted octanol–water partition coefficient (Wildman–Crippen LogP) is 4.42. The zero-order chi connectivity index (χ0) is 13.6. The second-order valence-corrected chi connectivity index (χ2v) is 5.23. The summed E-state index contributed by atoms with van der Waals surface area (Å²) in [7, 11) is 0. The first-order chi connectivity index (χ1) is 9.04. The molecule has 0 amide bonds. The van der Waals surface area contributed by atoms with Crippen molar-refractivity contribution >= 4 is 23.1 Å². The molecule has 2 aliphatic carbocycles. The van der Waals surface area contributed by atoms with Crippen LogP contribution >= 0.6 is 12.2 Å². The molecule has 0 radical (unpaired) electrons. The summed E-state index contributed by atoms with van der Waals surface area (Å²) >= 11 is 4.64. The lowest BCUT2D eigenvalue weighted by Crippen LogP contribution is -2.13. The molecule has 0 bridgehead atoms. The molecule has 0 aliphatic heterocycles. The molecule has 0 heterocycles. The lowest BCUT2D eigenvalue weighted by Gasteiger charge is -2.19. The van der Waals surface area contributed by atoms with Crippen LogP contribution in [0.2, 0.25) is 0 Å². The number of nitrogens with zero attached hydrogens (tertiary/aromatic N) is 1. The minimum atomic E-state index is -4.26. The molecular formula is C14H12F3NS. The molecule has 0 aromatic heterocycles. The lowest BCUT2D eigenvalue weighted by atomic mass is 9.92. The maximum absolute atomic E-state index is 13.3. The van der Waals surface area contributed by atoms with E-state index in [0.29, 0.717) is 42.5 Å². The highest BCUT2D eigenvalue weighted by Crippen LogP contribution is 2.48. The molecule has 0 spiro atoms. The van der Waals surface area contributed by atoms with Crippen LogP contribution in [0.1, 0.15) is 40.7 Å². The maximum atomic E-state index is 13.3. The van der Waals surface area contributed by atoms with Gasteiger partial charge in [0.15, 0.2) is 0 Å². The van der Waals surface area contributed by atoms with Gasteiger partial charge in [0, 0.05) is 0 Å². The molecule has 0 saturated heterocycles. The molecule has 0 fully saturated rings. The van der Waals surface area contributed by atoms with Gasteiger partial charge in [-0.05, 0) is 73.0 Å². The van der Waals surface area contributed by atoms with Gasteiger partial charge in [-0.1, -0.05) is 0 Å². The van der Waals surface area contributed by atoms with Crippen molar-refractivity contribution in [2.24, 2.45) is 4.99 Å². The molecule has 1 nitrogen and oxygen atoms in total. The first-order valence-corrected chi connectivity index (χ1v) is 6.79. The van der Waals surface area contributed by atoms with Crippen LogP contribution in [0.5, 0.6) is 0 Å². The fourth-order valence-electron chi connectivity index (χ4n) is 3.45. The average molecular weight is 283 g/mol. The van der Waals surface area contributed by atoms with Crippen LogP contribution in [-0.2, 0) is 31.9 Å². The smallest absolute Gasteiger partial charge is 0.194 e. The quantitative estimate of drug-likeness (QED) is 0.549. The summed E-state index contributed by atoms with van der Waals surface area (Å²) in [6.45, 7) is 0. The number of isothiocyanates is 1. The van der Waals surface area contributed by atoms with Gasteiger partial charge in [-0.25, -0.2) is 0 Å². The Morgan fingerprint density at radius 3 is 1.79 bits per heavy atom. The van der Waals surface area contributed by atoms with E-state index in [1.165, 1.54) is 0 Å². The Morgan fingerprint density at radius 2 is 1.37 bits per heavy atom. The first-order valence-electron chi connectivity index (χ1n) is 6.38. The molecule has 1 aromatic rings. The third-order valence-corrected chi connectivity index (χ3v) is 4.14. The van der Waals surface area contributed by atoms with E-state index in [-0.39, 0.29) is 5.56 Å². The van der Waals surface area contributed by atoms with Gasteiger partial charge in [0.05, 0.1) is 16.4 Å². The highest BCUT2D eigenvalue weighted by Gasteiger charge is 2.41. The van der Waals surface area contributed by atoms with Gasteiger partial charge in [0.1, 0.15) is 0 Å². The minimum Gasteiger partial charge on any atom is -0.194 e. The summed E-state index contributed by atoms with van der Waals surface area (Å²) in [6.07, 6.45) is -0.400. The average Bonchev–Trinajstić information content (AvgIpc) is 2.94. The highest BCUT2D eigenvalue weighted by atomic mass is 32.1. The lowest BCUT2D eigenvalue weighted by molar-refractivity contribution is -0.138. The first kappa shape index (κ1) is 12.8. The van der Waals surface area contributed by atoms with Gasteiger partial charge in [-0.3, -0.25) is 0 Å². The van der Waals surface area contributed by atoms with E-state index in [9.17, 15) is 13.2 Å². The number of thiocarbonyl (C=S) groups is 1. The van der Waals surface area contributed by atoms with Crippen LogP contribution in [0.4, 0.5) is 18.9 Å². The van der Waals surface area contributed by atoms with E-state index in [4.69, 9.17) is 0 Å². The van der Waals surface area contributed by atoms with Crippen LogP contribution in [0.15, 0.2) is 4.99 Å². The zero-order valence-electron chi connectivity index (χ0n) is 10.2. The topological polar surface area (TPSA) is 12.4 Å². The van der Waals surface area contributed by atoms with Crippen LogP contribution < -0.4 is 0 Å². The molecule has 100 valence electrons. The summed E-state index contributed by atoms with van der Waals surface area (Å²) < 4.78 is 40.0. The fraction of sp³-hybridized carbons (Fsp3) is 0.500. The van der Waals surface area contributed by atoms with Gasteiger partial charge in [0.25, 0.3) is 0 Å². The van der Waals surface area contributed by atoms with E-state index in [1.54, 1.807) is 0 Å². The molecule has 0 atom stereocenters. The Balaban J connectivity index is 2.38. The Morgan fingerprint density at radius 1 is 0.895 bits per heavy atom. The van der Waals surface area contributed by atoms with E-state index in [2.05, 4.69) is 22.4 Å². The van der Waals surface area contributed by atoms with Gasteiger partial charge in [0.2, 0.25) is 0 Å². The largest absolute Gasteiger partial charge is 0.416 e. The van der Waals surface area contributed by atoms with Gasteiger partial charge >= 0.3 is 6.18 Å². The molecule has 5 heteroatoms. The Kier molecular flexibility index (Phi) is 2.99. The van der Waals surface area contributed by atoms with Gasteiger partial charge < -0.3 is 0 Å². The van der Waals surface area contributed by atoms with Crippen molar-refractivity contribution < 1.29 is 13.2 Å². The van der Waals surface area contributed by atoms with E-state index in [1.807, 2.05) is 0 Å². The Bertz CT molecular complexity index is 563. The zero-order valence-corrected chi connectivity index (χ0v) is 11.0. The third kappa shape index (κ3) is 1.92. The highest BCUT2D eigenvalue weighted by molar-refractivity contribution is 7.78. The number of alkyl halides is 3. The van der Waals surface area contributed by atoms with Crippen molar-refractivity contribution in [3.63, 3.8) is 0 Å². The molecule has 0 saturated carbocycles. The molecule has 0 unspecified atom stereocenters. The number of benzene rings is 1. The van der Waals surface area contributed by atoms with E-state index >= 15 is 0 Å². The number of rotatable bonds is 1. The number of halogens is 3. The number of hydrogen-bond acceptors (Lipinski definition) is 2.